The van der Waals surface area contributed by atoms with Gasteiger partial charge in [0.15, 0.2) is 0 Å². The zero-order valence-corrected chi connectivity index (χ0v) is 11.3. The Morgan fingerprint density at radius 2 is 2.42 bits per heavy atom. The molecule has 0 aliphatic carbocycles. The average molecular weight is 265 g/mol. The molecule has 2 heterocycles. The van der Waals surface area contributed by atoms with Gasteiger partial charge in [-0.2, -0.15) is 0 Å². The lowest BCUT2D eigenvalue weighted by Crippen LogP contribution is -2.41. The van der Waals surface area contributed by atoms with Crippen LogP contribution >= 0.6 is 0 Å². The molecule has 1 saturated heterocycles. The summed E-state index contributed by atoms with van der Waals surface area (Å²) in [5.41, 5.74) is 0.155. The molecule has 1 N–H and O–H groups in total. The van der Waals surface area contributed by atoms with E-state index in [9.17, 15) is 9.90 Å². The number of ether oxygens (including phenoxy) is 1. The van der Waals surface area contributed by atoms with Gasteiger partial charge in [0.05, 0.1) is 6.10 Å². The highest BCUT2D eigenvalue weighted by molar-refractivity contribution is 5.93. The first kappa shape index (κ1) is 13.7. The Morgan fingerprint density at radius 1 is 1.63 bits per heavy atom. The van der Waals surface area contributed by atoms with Gasteiger partial charge in [-0.3, -0.25) is 0 Å². The van der Waals surface area contributed by atoms with Gasteiger partial charge in [0.2, 0.25) is 0 Å². The fourth-order valence-electron chi connectivity index (χ4n) is 2.35. The van der Waals surface area contributed by atoms with E-state index in [1.807, 2.05) is 11.8 Å². The second-order valence-electron chi connectivity index (χ2n) is 4.63. The summed E-state index contributed by atoms with van der Waals surface area (Å²) < 4.78 is 5.63. The average Bonchev–Trinajstić information content (AvgIpc) is 2.39. The van der Waals surface area contributed by atoms with Crippen molar-refractivity contribution in [3.05, 3.63) is 17.6 Å². The molecule has 6 heteroatoms. The number of aromatic carboxylic acids is 1. The van der Waals surface area contributed by atoms with Crippen LogP contribution in [0.2, 0.25) is 0 Å². The van der Waals surface area contributed by atoms with Gasteiger partial charge in [0.1, 0.15) is 17.2 Å². The van der Waals surface area contributed by atoms with E-state index in [4.69, 9.17) is 4.74 Å². The Morgan fingerprint density at radius 3 is 3.11 bits per heavy atom. The SMILES string of the molecule is CCOC1CCCN(c2nc(C)ncc2C(=O)O)C1. The van der Waals surface area contributed by atoms with Crippen LogP contribution in [0.5, 0.6) is 0 Å². The van der Waals surface area contributed by atoms with Gasteiger partial charge in [0.25, 0.3) is 0 Å². The molecule has 19 heavy (non-hydrogen) atoms. The van der Waals surface area contributed by atoms with Crippen molar-refractivity contribution >= 4 is 11.8 Å². The molecular weight excluding hydrogens is 246 g/mol. The summed E-state index contributed by atoms with van der Waals surface area (Å²) in [5.74, 6) is 0.0940. The molecule has 104 valence electrons. The molecule has 1 unspecified atom stereocenters. The van der Waals surface area contributed by atoms with Gasteiger partial charge in [-0.1, -0.05) is 0 Å². The highest BCUT2D eigenvalue weighted by Crippen LogP contribution is 2.23. The highest BCUT2D eigenvalue weighted by atomic mass is 16.5. The fraction of sp³-hybridized carbons (Fsp3) is 0.615. The molecule has 1 fully saturated rings. The summed E-state index contributed by atoms with van der Waals surface area (Å²) in [7, 11) is 0. The summed E-state index contributed by atoms with van der Waals surface area (Å²) in [6.45, 7) is 5.90. The normalized spacial score (nSPS) is 19.5. The van der Waals surface area contributed by atoms with E-state index in [2.05, 4.69) is 9.97 Å². The first-order valence-corrected chi connectivity index (χ1v) is 6.55. The van der Waals surface area contributed by atoms with Crippen LogP contribution in [0.25, 0.3) is 0 Å². The lowest BCUT2D eigenvalue weighted by atomic mass is 10.1. The van der Waals surface area contributed by atoms with Crippen molar-refractivity contribution in [2.45, 2.75) is 32.8 Å². The van der Waals surface area contributed by atoms with Crippen LogP contribution in [-0.4, -0.2) is 46.8 Å². The number of hydrogen-bond acceptors (Lipinski definition) is 5. The van der Waals surface area contributed by atoms with Crippen molar-refractivity contribution in [2.24, 2.45) is 0 Å². The minimum atomic E-state index is -0.992. The Labute approximate surface area is 112 Å². The Kier molecular flexibility index (Phi) is 4.31. The van der Waals surface area contributed by atoms with Crippen LogP contribution in [0, 0.1) is 6.92 Å². The van der Waals surface area contributed by atoms with Crippen LogP contribution in [0.4, 0.5) is 5.82 Å². The molecule has 1 aromatic heterocycles. The van der Waals surface area contributed by atoms with Gasteiger partial charge >= 0.3 is 5.97 Å². The number of rotatable bonds is 4. The molecule has 0 aromatic carbocycles. The number of aryl methyl sites for hydroxylation is 1. The molecule has 2 rings (SSSR count). The van der Waals surface area contributed by atoms with Gasteiger partial charge in [-0.25, -0.2) is 14.8 Å². The Bertz CT molecular complexity index is 462. The summed E-state index contributed by atoms with van der Waals surface area (Å²) in [5, 5.41) is 9.22. The minimum Gasteiger partial charge on any atom is -0.477 e. The first-order valence-electron chi connectivity index (χ1n) is 6.55. The third-order valence-electron chi connectivity index (χ3n) is 3.20. The van der Waals surface area contributed by atoms with Gasteiger partial charge in [-0.05, 0) is 26.7 Å². The van der Waals surface area contributed by atoms with Crippen molar-refractivity contribution in [2.75, 3.05) is 24.6 Å². The smallest absolute Gasteiger partial charge is 0.341 e. The summed E-state index contributed by atoms with van der Waals surface area (Å²) >= 11 is 0. The van der Waals surface area contributed by atoms with Crippen LogP contribution in [0.15, 0.2) is 6.20 Å². The maximum absolute atomic E-state index is 11.2. The van der Waals surface area contributed by atoms with E-state index < -0.39 is 5.97 Å². The standard InChI is InChI=1S/C13H19N3O3/c1-3-19-10-5-4-6-16(8-10)12-11(13(17)18)7-14-9(2)15-12/h7,10H,3-6,8H2,1-2H3,(H,17,18). The zero-order valence-electron chi connectivity index (χ0n) is 11.3. The molecule has 0 radical (unpaired) electrons. The predicted molar refractivity (Wildman–Crippen MR) is 70.6 cm³/mol. The van der Waals surface area contributed by atoms with E-state index in [-0.39, 0.29) is 11.7 Å². The number of anilines is 1. The van der Waals surface area contributed by atoms with Crippen molar-refractivity contribution in [3.8, 4) is 0 Å². The number of carboxylic acids is 1. The Balaban J connectivity index is 2.24. The summed E-state index contributed by atoms with van der Waals surface area (Å²) in [6, 6.07) is 0. The summed E-state index contributed by atoms with van der Waals surface area (Å²) in [6.07, 6.45) is 3.52. The molecular formula is C13H19N3O3. The quantitative estimate of drug-likeness (QED) is 0.889. The van der Waals surface area contributed by atoms with E-state index in [0.29, 0.717) is 24.8 Å². The molecule has 6 nitrogen and oxygen atoms in total. The number of carboxylic acid groups (broad SMARTS) is 1. The van der Waals surface area contributed by atoms with Crippen molar-refractivity contribution in [1.82, 2.24) is 9.97 Å². The molecule has 0 saturated carbocycles. The van der Waals surface area contributed by atoms with E-state index in [0.717, 1.165) is 19.4 Å². The van der Waals surface area contributed by atoms with E-state index >= 15 is 0 Å². The monoisotopic (exact) mass is 265 g/mol. The fourth-order valence-corrected chi connectivity index (χ4v) is 2.35. The summed E-state index contributed by atoms with van der Waals surface area (Å²) in [4.78, 5) is 21.5. The predicted octanol–water partition coefficient (Wildman–Crippen LogP) is 1.49. The lowest BCUT2D eigenvalue weighted by molar-refractivity contribution is 0.0522. The molecule has 0 spiro atoms. The van der Waals surface area contributed by atoms with Gasteiger partial charge < -0.3 is 14.7 Å². The van der Waals surface area contributed by atoms with E-state index in [1.54, 1.807) is 6.92 Å². The highest BCUT2D eigenvalue weighted by Gasteiger charge is 2.25. The van der Waals surface area contributed by atoms with Gasteiger partial charge in [0, 0.05) is 25.9 Å². The first-order chi connectivity index (χ1) is 9.11. The van der Waals surface area contributed by atoms with Crippen molar-refractivity contribution < 1.29 is 14.6 Å². The second-order valence-corrected chi connectivity index (χ2v) is 4.63. The molecule has 1 aliphatic rings. The largest absolute Gasteiger partial charge is 0.477 e. The molecule has 1 aliphatic heterocycles. The maximum atomic E-state index is 11.2. The number of aromatic nitrogens is 2. The third kappa shape index (κ3) is 3.20. The van der Waals surface area contributed by atoms with Crippen LogP contribution < -0.4 is 4.90 Å². The van der Waals surface area contributed by atoms with Crippen molar-refractivity contribution in [1.29, 1.82) is 0 Å². The molecule has 0 amide bonds. The van der Waals surface area contributed by atoms with E-state index in [1.165, 1.54) is 6.20 Å². The topological polar surface area (TPSA) is 75.5 Å². The molecule has 1 atom stereocenters. The van der Waals surface area contributed by atoms with Crippen LogP contribution in [-0.2, 0) is 4.74 Å². The van der Waals surface area contributed by atoms with Crippen LogP contribution in [0.1, 0.15) is 35.9 Å². The minimum absolute atomic E-state index is 0.149. The van der Waals surface area contributed by atoms with Crippen molar-refractivity contribution in [3.63, 3.8) is 0 Å². The lowest BCUT2D eigenvalue weighted by Gasteiger charge is -2.33. The number of carbonyl (C=O) groups is 1. The Hall–Kier alpha value is -1.69. The van der Waals surface area contributed by atoms with Gasteiger partial charge in [-0.15, -0.1) is 0 Å². The second kappa shape index (κ2) is 5.97. The maximum Gasteiger partial charge on any atom is 0.341 e. The molecule has 1 aromatic rings. The molecule has 0 bridgehead atoms. The third-order valence-corrected chi connectivity index (χ3v) is 3.20. The number of nitrogens with zero attached hydrogens (tertiary/aromatic N) is 3. The number of hydrogen-bond donors (Lipinski definition) is 1. The van der Waals surface area contributed by atoms with Crippen LogP contribution in [0.3, 0.4) is 0 Å². The number of piperidine rings is 1. The zero-order chi connectivity index (χ0) is 13.8.